The summed E-state index contributed by atoms with van der Waals surface area (Å²) < 4.78 is 9.68. The second kappa shape index (κ2) is 5.59. The lowest BCUT2D eigenvalue weighted by Crippen LogP contribution is -2.04. The third kappa shape index (κ3) is 2.99. The number of aromatic nitrogens is 1. The minimum absolute atomic E-state index is 0.180. The van der Waals surface area contributed by atoms with Gasteiger partial charge in [-0.25, -0.2) is 4.79 Å². The van der Waals surface area contributed by atoms with Gasteiger partial charge in [0.1, 0.15) is 12.4 Å². The molecule has 0 fully saturated rings. The van der Waals surface area contributed by atoms with Gasteiger partial charge < -0.3 is 9.26 Å². The maximum absolute atomic E-state index is 11.2. The lowest BCUT2D eigenvalue weighted by molar-refractivity contribution is 0.0538. The van der Waals surface area contributed by atoms with Gasteiger partial charge in [-0.05, 0) is 0 Å². The minimum Gasteiger partial charge on any atom is -0.457 e. The van der Waals surface area contributed by atoms with E-state index in [-0.39, 0.29) is 12.3 Å². The van der Waals surface area contributed by atoms with Gasteiger partial charge in [0.2, 0.25) is 0 Å². The van der Waals surface area contributed by atoms with Crippen molar-refractivity contribution in [2.75, 3.05) is 11.9 Å². The van der Waals surface area contributed by atoms with Crippen LogP contribution in [0.25, 0.3) is 0 Å². The van der Waals surface area contributed by atoms with E-state index in [2.05, 4.69) is 27.7 Å². The molecule has 1 aromatic rings. The van der Waals surface area contributed by atoms with Crippen molar-refractivity contribution in [1.29, 1.82) is 0 Å². The maximum atomic E-state index is 11.2. The average molecular weight is 260 g/mol. The summed E-state index contributed by atoms with van der Waals surface area (Å²) in [7, 11) is 0. The number of halogens is 1. The summed E-state index contributed by atoms with van der Waals surface area (Å²) in [4.78, 5) is 11.2. The smallest absolute Gasteiger partial charge is 0.360 e. The van der Waals surface area contributed by atoms with E-state index >= 15 is 0 Å². The summed E-state index contributed by atoms with van der Waals surface area (Å²) in [6.45, 7) is 3.61. The number of esters is 1. The van der Waals surface area contributed by atoms with Gasteiger partial charge in [0.25, 0.3) is 0 Å². The highest BCUT2D eigenvalue weighted by Gasteiger charge is 2.12. The normalized spacial score (nSPS) is 9.79. The first-order valence-electron chi connectivity index (χ1n) is 4.07. The zero-order valence-corrected chi connectivity index (χ0v) is 9.12. The Morgan fingerprint density at radius 1 is 1.79 bits per heavy atom. The molecule has 0 unspecified atom stereocenters. The first-order valence-corrected chi connectivity index (χ1v) is 5.19. The lowest BCUT2D eigenvalue weighted by Gasteiger charge is -1.95. The highest BCUT2D eigenvalue weighted by atomic mass is 79.9. The van der Waals surface area contributed by atoms with E-state index in [1.807, 2.05) is 0 Å². The number of nitrogens with zero attached hydrogens (tertiary/aromatic N) is 1. The van der Waals surface area contributed by atoms with Crippen molar-refractivity contribution in [1.82, 2.24) is 5.16 Å². The fraction of sp³-hybridized carbons (Fsp3) is 0.333. The summed E-state index contributed by atoms with van der Waals surface area (Å²) in [5.74, 6) is 0.168. The Balaban J connectivity index is 2.57. The summed E-state index contributed by atoms with van der Waals surface area (Å²) in [5.41, 5.74) is 0.197. The minimum atomic E-state index is -0.491. The van der Waals surface area contributed by atoms with Gasteiger partial charge in [0.05, 0.1) is 0 Å². The van der Waals surface area contributed by atoms with E-state index in [4.69, 9.17) is 9.26 Å². The molecule has 0 amide bonds. The van der Waals surface area contributed by atoms with Gasteiger partial charge in [-0.3, -0.25) is 0 Å². The number of alkyl halides is 1. The summed E-state index contributed by atoms with van der Waals surface area (Å²) in [5, 5.41) is 4.35. The molecule has 1 aromatic heterocycles. The topological polar surface area (TPSA) is 52.3 Å². The van der Waals surface area contributed by atoms with E-state index in [0.29, 0.717) is 12.2 Å². The standard InChI is InChI=1S/C9H10BrNO3/c1-2-5-13-9(12)8-6-7(3-4-10)14-11-8/h2,6H,1,3-5H2. The molecule has 0 bridgehead atoms. The van der Waals surface area contributed by atoms with Crippen molar-refractivity contribution in [2.45, 2.75) is 6.42 Å². The number of hydrogen-bond donors (Lipinski definition) is 0. The predicted octanol–water partition coefficient (Wildman–Crippen LogP) is 1.95. The third-order valence-electron chi connectivity index (χ3n) is 1.44. The second-order valence-electron chi connectivity index (χ2n) is 2.50. The van der Waals surface area contributed by atoms with Crippen LogP contribution in [0.4, 0.5) is 0 Å². The SMILES string of the molecule is C=CCOC(=O)c1cc(CCBr)on1. The van der Waals surface area contributed by atoms with Gasteiger partial charge >= 0.3 is 5.97 Å². The molecular formula is C9H10BrNO3. The molecule has 1 heterocycles. The molecule has 0 atom stereocenters. The molecule has 1 rings (SSSR count). The molecule has 0 aliphatic carbocycles. The number of rotatable bonds is 5. The molecule has 14 heavy (non-hydrogen) atoms. The molecule has 76 valence electrons. The predicted molar refractivity (Wildman–Crippen MR) is 54.5 cm³/mol. The average Bonchev–Trinajstić information content (AvgIpc) is 2.63. The van der Waals surface area contributed by atoms with Crippen molar-refractivity contribution in [3.8, 4) is 0 Å². The Hall–Kier alpha value is -1.10. The quantitative estimate of drug-likeness (QED) is 0.461. The molecule has 0 aliphatic rings. The zero-order chi connectivity index (χ0) is 10.4. The Morgan fingerprint density at radius 2 is 2.57 bits per heavy atom. The van der Waals surface area contributed by atoms with Gasteiger partial charge in [-0.1, -0.05) is 33.7 Å². The van der Waals surface area contributed by atoms with E-state index in [1.54, 1.807) is 6.07 Å². The number of carbonyl (C=O) groups excluding carboxylic acids is 1. The van der Waals surface area contributed by atoms with Gasteiger partial charge in [-0.15, -0.1) is 0 Å². The number of carbonyl (C=O) groups is 1. The van der Waals surface area contributed by atoms with Crippen molar-refractivity contribution in [3.63, 3.8) is 0 Å². The van der Waals surface area contributed by atoms with Crippen LogP contribution in [0.15, 0.2) is 23.2 Å². The summed E-state index contributed by atoms with van der Waals surface area (Å²) >= 11 is 3.26. The number of hydrogen-bond acceptors (Lipinski definition) is 4. The Morgan fingerprint density at radius 3 is 3.21 bits per heavy atom. The van der Waals surface area contributed by atoms with E-state index < -0.39 is 5.97 Å². The molecule has 0 aliphatic heterocycles. The van der Waals surface area contributed by atoms with Gasteiger partial charge in [0, 0.05) is 17.8 Å². The van der Waals surface area contributed by atoms with Gasteiger partial charge in [-0.2, -0.15) is 0 Å². The van der Waals surface area contributed by atoms with Gasteiger partial charge in [0.15, 0.2) is 5.69 Å². The highest BCUT2D eigenvalue weighted by molar-refractivity contribution is 9.09. The second-order valence-corrected chi connectivity index (χ2v) is 3.30. The van der Waals surface area contributed by atoms with Crippen LogP contribution in [-0.4, -0.2) is 23.1 Å². The van der Waals surface area contributed by atoms with Crippen LogP contribution in [-0.2, 0) is 11.2 Å². The largest absolute Gasteiger partial charge is 0.457 e. The fourth-order valence-electron chi connectivity index (χ4n) is 0.829. The molecule has 0 saturated heterocycles. The maximum Gasteiger partial charge on any atom is 0.360 e. The molecular weight excluding hydrogens is 250 g/mol. The van der Waals surface area contributed by atoms with Crippen molar-refractivity contribution in [2.24, 2.45) is 0 Å². The number of aryl methyl sites for hydroxylation is 1. The van der Waals surface area contributed by atoms with Crippen LogP contribution < -0.4 is 0 Å². The molecule has 4 nitrogen and oxygen atoms in total. The fourth-order valence-corrected chi connectivity index (χ4v) is 1.22. The zero-order valence-electron chi connectivity index (χ0n) is 7.53. The lowest BCUT2D eigenvalue weighted by atomic mass is 10.3. The Bertz CT molecular complexity index is 322. The van der Waals surface area contributed by atoms with Crippen LogP contribution in [0.2, 0.25) is 0 Å². The molecule has 0 saturated carbocycles. The van der Waals surface area contributed by atoms with Crippen LogP contribution >= 0.6 is 15.9 Å². The highest BCUT2D eigenvalue weighted by Crippen LogP contribution is 2.06. The Kier molecular flexibility index (Phi) is 4.39. The summed E-state index contributed by atoms with van der Waals surface area (Å²) in [6, 6.07) is 1.58. The van der Waals surface area contributed by atoms with Crippen LogP contribution in [0, 0.1) is 0 Å². The van der Waals surface area contributed by atoms with Crippen molar-refractivity contribution < 1.29 is 14.1 Å². The van der Waals surface area contributed by atoms with E-state index in [9.17, 15) is 4.79 Å². The van der Waals surface area contributed by atoms with E-state index in [1.165, 1.54) is 6.08 Å². The molecule has 5 heteroatoms. The molecule has 0 aromatic carbocycles. The van der Waals surface area contributed by atoms with Crippen molar-refractivity contribution in [3.05, 3.63) is 30.2 Å². The first-order chi connectivity index (χ1) is 6.77. The number of ether oxygens (including phenoxy) is 1. The van der Waals surface area contributed by atoms with Crippen LogP contribution in [0.5, 0.6) is 0 Å². The third-order valence-corrected chi connectivity index (χ3v) is 1.84. The van der Waals surface area contributed by atoms with Crippen LogP contribution in [0.3, 0.4) is 0 Å². The first kappa shape index (κ1) is 11.0. The molecule has 0 N–H and O–H groups in total. The van der Waals surface area contributed by atoms with E-state index in [0.717, 1.165) is 5.33 Å². The Labute approximate surface area is 90.0 Å². The monoisotopic (exact) mass is 259 g/mol. The van der Waals surface area contributed by atoms with Crippen LogP contribution in [0.1, 0.15) is 16.2 Å². The molecule has 0 spiro atoms. The van der Waals surface area contributed by atoms with Crippen molar-refractivity contribution >= 4 is 21.9 Å². The summed E-state index contributed by atoms with van der Waals surface area (Å²) in [6.07, 6.45) is 2.19. The molecule has 0 radical (unpaired) electrons.